The standard InChI is InChI=1S/C21H25ClN4O2/c1-15-13-23-10-11-26(15)20(27)12-16-4-8-19(9-5-16)25-21(28)24-14-17-2-6-18(22)7-3-17/h2-9,15,23H,10-14H2,1H3,(H2,24,25,28). The molecule has 0 radical (unpaired) electrons. The topological polar surface area (TPSA) is 73.5 Å². The van der Waals surface area contributed by atoms with Crippen molar-refractivity contribution < 1.29 is 9.59 Å². The first-order chi connectivity index (χ1) is 13.5. The van der Waals surface area contributed by atoms with Gasteiger partial charge in [0.2, 0.25) is 5.91 Å². The second-order valence-corrected chi connectivity index (χ2v) is 7.38. The van der Waals surface area contributed by atoms with E-state index in [2.05, 4.69) is 22.9 Å². The average molecular weight is 401 g/mol. The highest BCUT2D eigenvalue weighted by atomic mass is 35.5. The van der Waals surface area contributed by atoms with E-state index in [4.69, 9.17) is 11.6 Å². The van der Waals surface area contributed by atoms with Crippen molar-refractivity contribution in [1.29, 1.82) is 0 Å². The molecule has 2 aromatic rings. The SMILES string of the molecule is CC1CNCCN1C(=O)Cc1ccc(NC(=O)NCc2ccc(Cl)cc2)cc1. The highest BCUT2D eigenvalue weighted by Gasteiger charge is 2.22. The summed E-state index contributed by atoms with van der Waals surface area (Å²) in [7, 11) is 0. The van der Waals surface area contributed by atoms with Gasteiger partial charge in [0.05, 0.1) is 6.42 Å². The van der Waals surface area contributed by atoms with Crippen LogP contribution in [0.4, 0.5) is 10.5 Å². The number of urea groups is 1. The van der Waals surface area contributed by atoms with E-state index in [1.54, 1.807) is 12.1 Å². The maximum absolute atomic E-state index is 12.5. The fourth-order valence-corrected chi connectivity index (χ4v) is 3.28. The predicted octanol–water partition coefficient (Wildman–Crippen LogP) is 3.02. The van der Waals surface area contributed by atoms with Gasteiger partial charge in [-0.25, -0.2) is 4.79 Å². The molecule has 0 aliphatic carbocycles. The Morgan fingerprint density at radius 2 is 1.79 bits per heavy atom. The number of halogens is 1. The van der Waals surface area contributed by atoms with Crippen LogP contribution in [0, 0.1) is 0 Å². The Morgan fingerprint density at radius 1 is 1.11 bits per heavy atom. The molecule has 3 rings (SSSR count). The first kappa shape index (κ1) is 20.2. The van der Waals surface area contributed by atoms with Gasteiger partial charge in [0.15, 0.2) is 0 Å². The molecular formula is C21H25ClN4O2. The summed E-state index contributed by atoms with van der Waals surface area (Å²) in [5.41, 5.74) is 2.58. The minimum atomic E-state index is -0.284. The second-order valence-electron chi connectivity index (χ2n) is 6.95. The van der Waals surface area contributed by atoms with E-state index in [9.17, 15) is 9.59 Å². The van der Waals surface area contributed by atoms with Gasteiger partial charge in [-0.05, 0) is 42.3 Å². The molecule has 0 aromatic heterocycles. The summed E-state index contributed by atoms with van der Waals surface area (Å²) in [4.78, 5) is 26.5. The number of anilines is 1. The van der Waals surface area contributed by atoms with E-state index in [1.165, 1.54) is 0 Å². The van der Waals surface area contributed by atoms with Crippen molar-refractivity contribution in [2.75, 3.05) is 25.0 Å². The van der Waals surface area contributed by atoms with Crippen LogP contribution in [0.5, 0.6) is 0 Å². The van der Waals surface area contributed by atoms with E-state index >= 15 is 0 Å². The maximum Gasteiger partial charge on any atom is 0.319 e. The van der Waals surface area contributed by atoms with Crippen molar-refractivity contribution in [2.24, 2.45) is 0 Å². The zero-order chi connectivity index (χ0) is 19.9. The molecule has 0 bridgehead atoms. The summed E-state index contributed by atoms with van der Waals surface area (Å²) in [5, 5.41) is 9.55. The van der Waals surface area contributed by atoms with Crippen LogP contribution < -0.4 is 16.0 Å². The van der Waals surface area contributed by atoms with E-state index in [-0.39, 0.29) is 18.0 Å². The molecular weight excluding hydrogens is 376 g/mol. The summed E-state index contributed by atoms with van der Waals surface area (Å²) in [6.45, 7) is 4.88. The van der Waals surface area contributed by atoms with E-state index in [0.29, 0.717) is 23.7 Å². The summed E-state index contributed by atoms with van der Waals surface area (Å²) >= 11 is 5.85. The molecule has 1 aliphatic rings. The molecule has 1 saturated heterocycles. The van der Waals surface area contributed by atoms with Crippen LogP contribution in [0.2, 0.25) is 5.02 Å². The molecule has 6 nitrogen and oxygen atoms in total. The fraction of sp³-hybridized carbons (Fsp3) is 0.333. The quantitative estimate of drug-likeness (QED) is 0.722. The molecule has 3 amide bonds. The largest absolute Gasteiger partial charge is 0.337 e. The zero-order valence-corrected chi connectivity index (χ0v) is 16.6. The van der Waals surface area contributed by atoms with Crippen molar-refractivity contribution in [3.63, 3.8) is 0 Å². The number of rotatable bonds is 5. The Bertz CT molecular complexity index is 808. The molecule has 1 atom stereocenters. The summed E-state index contributed by atoms with van der Waals surface area (Å²) in [6.07, 6.45) is 0.368. The Hall–Kier alpha value is -2.57. The molecule has 7 heteroatoms. The fourth-order valence-electron chi connectivity index (χ4n) is 3.15. The molecule has 1 heterocycles. The van der Waals surface area contributed by atoms with Gasteiger partial charge in [0, 0.05) is 42.9 Å². The Morgan fingerprint density at radius 3 is 2.46 bits per heavy atom. The zero-order valence-electron chi connectivity index (χ0n) is 15.9. The minimum absolute atomic E-state index is 0.135. The molecule has 0 saturated carbocycles. The number of nitrogens with zero attached hydrogens (tertiary/aromatic N) is 1. The van der Waals surface area contributed by atoms with Crippen molar-refractivity contribution >= 4 is 29.2 Å². The van der Waals surface area contributed by atoms with E-state index in [0.717, 1.165) is 30.8 Å². The summed E-state index contributed by atoms with van der Waals surface area (Å²) < 4.78 is 0. The molecule has 1 aliphatic heterocycles. The van der Waals surface area contributed by atoms with E-state index in [1.807, 2.05) is 41.3 Å². The first-order valence-electron chi connectivity index (χ1n) is 9.39. The molecule has 2 aromatic carbocycles. The number of amides is 3. The Labute approximate surface area is 170 Å². The van der Waals surface area contributed by atoms with Gasteiger partial charge in [-0.1, -0.05) is 35.9 Å². The molecule has 1 fully saturated rings. The normalized spacial score (nSPS) is 16.5. The van der Waals surface area contributed by atoms with Crippen molar-refractivity contribution in [3.05, 3.63) is 64.7 Å². The highest BCUT2D eigenvalue weighted by molar-refractivity contribution is 6.30. The molecule has 0 spiro atoms. The van der Waals surface area contributed by atoms with Crippen molar-refractivity contribution in [3.8, 4) is 0 Å². The highest BCUT2D eigenvalue weighted by Crippen LogP contribution is 2.13. The molecule has 28 heavy (non-hydrogen) atoms. The second kappa shape index (κ2) is 9.57. The van der Waals surface area contributed by atoms with Gasteiger partial charge in [-0.3, -0.25) is 4.79 Å². The number of piperazine rings is 1. The van der Waals surface area contributed by atoms with Gasteiger partial charge < -0.3 is 20.9 Å². The van der Waals surface area contributed by atoms with Gasteiger partial charge in [0.25, 0.3) is 0 Å². The lowest BCUT2D eigenvalue weighted by Gasteiger charge is -2.34. The average Bonchev–Trinajstić information content (AvgIpc) is 2.69. The van der Waals surface area contributed by atoms with Crippen LogP contribution in [-0.2, 0) is 17.8 Å². The number of nitrogens with one attached hydrogen (secondary N) is 3. The van der Waals surface area contributed by atoms with Gasteiger partial charge >= 0.3 is 6.03 Å². The Kier molecular flexibility index (Phi) is 6.90. The number of hydrogen-bond acceptors (Lipinski definition) is 3. The molecule has 148 valence electrons. The van der Waals surface area contributed by atoms with Crippen LogP contribution in [0.3, 0.4) is 0 Å². The monoisotopic (exact) mass is 400 g/mol. The van der Waals surface area contributed by atoms with Gasteiger partial charge in [-0.2, -0.15) is 0 Å². The molecule has 3 N–H and O–H groups in total. The lowest BCUT2D eigenvalue weighted by Crippen LogP contribution is -2.52. The summed E-state index contributed by atoms with van der Waals surface area (Å²) in [5.74, 6) is 0.135. The minimum Gasteiger partial charge on any atom is -0.337 e. The van der Waals surface area contributed by atoms with Crippen molar-refractivity contribution in [1.82, 2.24) is 15.5 Å². The maximum atomic E-state index is 12.5. The lowest BCUT2D eigenvalue weighted by molar-refractivity contribution is -0.133. The van der Waals surface area contributed by atoms with Crippen LogP contribution in [0.15, 0.2) is 48.5 Å². The smallest absolute Gasteiger partial charge is 0.319 e. The number of carbonyl (C=O) groups excluding carboxylic acids is 2. The van der Waals surface area contributed by atoms with Gasteiger partial charge in [-0.15, -0.1) is 0 Å². The Balaban J connectivity index is 1.47. The summed E-state index contributed by atoms with van der Waals surface area (Å²) in [6, 6.07) is 14.6. The third kappa shape index (κ3) is 5.71. The van der Waals surface area contributed by atoms with Crippen LogP contribution in [0.25, 0.3) is 0 Å². The molecule has 1 unspecified atom stereocenters. The lowest BCUT2D eigenvalue weighted by atomic mass is 10.1. The van der Waals surface area contributed by atoms with Crippen LogP contribution in [0.1, 0.15) is 18.1 Å². The number of carbonyl (C=O) groups is 2. The first-order valence-corrected chi connectivity index (χ1v) is 9.77. The van der Waals surface area contributed by atoms with Crippen molar-refractivity contribution in [2.45, 2.75) is 25.9 Å². The predicted molar refractivity (Wildman–Crippen MR) is 112 cm³/mol. The van der Waals surface area contributed by atoms with Crippen LogP contribution in [-0.4, -0.2) is 42.5 Å². The third-order valence-electron chi connectivity index (χ3n) is 4.76. The van der Waals surface area contributed by atoms with Crippen LogP contribution >= 0.6 is 11.6 Å². The third-order valence-corrected chi connectivity index (χ3v) is 5.01. The number of hydrogen-bond donors (Lipinski definition) is 3. The van der Waals surface area contributed by atoms with Gasteiger partial charge in [0.1, 0.15) is 0 Å². The van der Waals surface area contributed by atoms with E-state index < -0.39 is 0 Å². The number of benzene rings is 2.